The molecule has 0 aliphatic heterocycles. The van der Waals surface area contributed by atoms with Crippen LogP contribution in [0.25, 0.3) is 0 Å². The van der Waals surface area contributed by atoms with E-state index in [9.17, 15) is 22.4 Å². The second-order valence-corrected chi connectivity index (χ2v) is 5.28. The van der Waals surface area contributed by atoms with Crippen LogP contribution >= 0.6 is 0 Å². The minimum atomic E-state index is -4.77. The first-order valence-electron chi connectivity index (χ1n) is 7.11. The van der Waals surface area contributed by atoms with E-state index >= 15 is 0 Å². The third-order valence-electron chi connectivity index (χ3n) is 3.75. The van der Waals surface area contributed by atoms with Gasteiger partial charge in [-0.1, -0.05) is 13.0 Å². The number of aromatic nitrogens is 2. The largest absolute Gasteiger partial charge is 0.419 e. The number of hydrogen-bond acceptors (Lipinski definition) is 3. The highest BCUT2D eigenvalue weighted by Gasteiger charge is 2.34. The van der Waals surface area contributed by atoms with Crippen LogP contribution in [0, 0.1) is 5.82 Å². The number of aryl methyl sites for hydroxylation is 1. The van der Waals surface area contributed by atoms with Crippen molar-refractivity contribution >= 4 is 11.7 Å². The number of carbonyl (C=O) groups excluding carboxylic acids is 1. The van der Waals surface area contributed by atoms with Gasteiger partial charge in [-0.05, 0) is 31.0 Å². The second kappa shape index (κ2) is 6.14. The highest BCUT2D eigenvalue weighted by atomic mass is 19.4. The molecule has 0 saturated carbocycles. The maximum atomic E-state index is 13.7. The van der Waals surface area contributed by atoms with Crippen LogP contribution in [0.2, 0.25) is 0 Å². The molecule has 0 aliphatic carbocycles. The summed E-state index contributed by atoms with van der Waals surface area (Å²) >= 11 is 0. The zero-order valence-electron chi connectivity index (χ0n) is 13.0. The fourth-order valence-electron chi connectivity index (χ4n) is 2.47. The van der Waals surface area contributed by atoms with Crippen molar-refractivity contribution in [2.24, 2.45) is 5.73 Å². The Morgan fingerprint density at radius 3 is 2.42 bits per heavy atom. The Labute approximate surface area is 135 Å². The average molecular weight is 344 g/mol. The number of alkyl halides is 3. The Balaban J connectivity index is 2.48. The number of amides is 1. The maximum Gasteiger partial charge on any atom is 0.419 e. The minimum Gasteiger partial charge on any atom is -0.383 e. The lowest BCUT2D eigenvalue weighted by molar-refractivity contribution is -0.140. The smallest absolute Gasteiger partial charge is 0.383 e. The number of benzene rings is 1. The fraction of sp³-hybridized carbons (Fsp3) is 0.333. The average Bonchev–Trinajstić information content (AvgIpc) is 2.81. The van der Waals surface area contributed by atoms with E-state index in [1.54, 1.807) is 13.8 Å². The summed E-state index contributed by atoms with van der Waals surface area (Å²) in [5.74, 6) is -2.14. The summed E-state index contributed by atoms with van der Waals surface area (Å²) in [6.07, 6.45) is -4.38. The van der Waals surface area contributed by atoms with Crippen molar-refractivity contribution in [1.82, 2.24) is 9.78 Å². The molecule has 0 bridgehead atoms. The molecule has 4 N–H and O–H groups in total. The third kappa shape index (κ3) is 3.06. The molecule has 2 aromatic rings. The zero-order valence-corrected chi connectivity index (χ0v) is 13.0. The Hall–Kier alpha value is -2.58. The van der Waals surface area contributed by atoms with Gasteiger partial charge in [0.05, 0.1) is 17.3 Å². The lowest BCUT2D eigenvalue weighted by Crippen LogP contribution is -2.17. The molecule has 2 rings (SSSR count). The normalized spacial score (nSPS) is 13.1. The molecule has 0 fully saturated rings. The van der Waals surface area contributed by atoms with Gasteiger partial charge in [0.15, 0.2) is 0 Å². The summed E-state index contributed by atoms with van der Waals surface area (Å²) in [6.45, 7) is 3.33. The molecule has 130 valence electrons. The van der Waals surface area contributed by atoms with Crippen molar-refractivity contribution in [2.45, 2.75) is 32.5 Å². The summed E-state index contributed by atoms with van der Waals surface area (Å²) in [4.78, 5) is 11.5. The van der Waals surface area contributed by atoms with Crippen molar-refractivity contribution in [2.75, 3.05) is 5.73 Å². The van der Waals surface area contributed by atoms with E-state index < -0.39 is 29.5 Å². The zero-order chi connectivity index (χ0) is 18.2. The predicted molar refractivity (Wildman–Crippen MR) is 79.8 cm³/mol. The SMILES string of the molecule is CCc1nn(C(C)c2ccc(C(F)(F)F)c(F)c2)c(N)c1C(N)=O. The standard InChI is InChI=1S/C15H16F4N4O/c1-3-11-12(14(21)24)13(20)23(22-11)7(2)8-4-5-9(10(16)6-8)15(17,18)19/h4-7H,3,20H2,1-2H3,(H2,21,24). The Kier molecular flexibility index (Phi) is 4.54. The van der Waals surface area contributed by atoms with Gasteiger partial charge in [-0.25, -0.2) is 9.07 Å². The molecule has 0 spiro atoms. The summed E-state index contributed by atoms with van der Waals surface area (Å²) < 4.78 is 52.9. The first-order valence-corrected chi connectivity index (χ1v) is 7.11. The van der Waals surface area contributed by atoms with E-state index in [1.165, 1.54) is 4.68 Å². The molecule has 5 nitrogen and oxygen atoms in total. The van der Waals surface area contributed by atoms with E-state index in [0.717, 1.165) is 12.1 Å². The van der Waals surface area contributed by atoms with Crippen molar-refractivity contribution in [1.29, 1.82) is 0 Å². The summed E-state index contributed by atoms with van der Waals surface area (Å²) in [7, 11) is 0. The van der Waals surface area contributed by atoms with Crippen LogP contribution in [-0.4, -0.2) is 15.7 Å². The first kappa shape index (κ1) is 17.8. The number of rotatable bonds is 4. The van der Waals surface area contributed by atoms with Crippen molar-refractivity contribution in [3.8, 4) is 0 Å². The van der Waals surface area contributed by atoms with Crippen molar-refractivity contribution < 1.29 is 22.4 Å². The second-order valence-electron chi connectivity index (χ2n) is 5.28. The maximum absolute atomic E-state index is 13.7. The molecule has 9 heteroatoms. The Morgan fingerprint density at radius 1 is 1.38 bits per heavy atom. The van der Waals surface area contributed by atoms with Gasteiger partial charge in [-0.3, -0.25) is 4.79 Å². The summed E-state index contributed by atoms with van der Waals surface area (Å²) in [6, 6.07) is 1.91. The van der Waals surface area contributed by atoms with Crippen LogP contribution in [0.4, 0.5) is 23.4 Å². The summed E-state index contributed by atoms with van der Waals surface area (Å²) in [5, 5.41) is 4.17. The number of primary amides is 1. The molecule has 1 unspecified atom stereocenters. The molecule has 0 radical (unpaired) electrons. The molecule has 0 saturated heterocycles. The molecule has 24 heavy (non-hydrogen) atoms. The van der Waals surface area contributed by atoms with Crippen molar-refractivity contribution in [3.63, 3.8) is 0 Å². The first-order chi connectivity index (χ1) is 11.1. The number of nitrogens with two attached hydrogens (primary N) is 2. The molecule has 1 aromatic carbocycles. The van der Waals surface area contributed by atoms with Crippen LogP contribution in [0.1, 0.15) is 47.1 Å². The van der Waals surface area contributed by atoms with E-state index in [-0.39, 0.29) is 16.9 Å². The van der Waals surface area contributed by atoms with Gasteiger partial charge in [0.1, 0.15) is 17.2 Å². The lowest BCUT2D eigenvalue weighted by atomic mass is 10.1. The number of halogens is 4. The van der Waals surface area contributed by atoms with Crippen LogP contribution < -0.4 is 11.5 Å². The van der Waals surface area contributed by atoms with Crippen molar-refractivity contribution in [3.05, 3.63) is 46.4 Å². The van der Waals surface area contributed by atoms with E-state index in [1.807, 2.05) is 0 Å². The highest BCUT2D eigenvalue weighted by molar-refractivity contribution is 5.98. The van der Waals surface area contributed by atoms with Gasteiger partial charge in [-0.2, -0.15) is 18.3 Å². The number of carbonyl (C=O) groups is 1. The number of hydrogen-bond donors (Lipinski definition) is 2. The molecular formula is C15H16F4N4O. The molecule has 0 aliphatic rings. The Morgan fingerprint density at radius 2 is 2.00 bits per heavy atom. The molecule has 1 heterocycles. The van der Waals surface area contributed by atoms with Crippen LogP contribution in [0.15, 0.2) is 18.2 Å². The topological polar surface area (TPSA) is 86.9 Å². The molecule has 1 amide bonds. The summed E-state index contributed by atoms with van der Waals surface area (Å²) in [5.41, 5.74) is 10.5. The van der Waals surface area contributed by atoms with E-state index in [2.05, 4.69) is 5.10 Å². The van der Waals surface area contributed by atoms with Crippen LogP contribution in [-0.2, 0) is 12.6 Å². The van der Waals surface area contributed by atoms with Gasteiger partial charge in [-0.15, -0.1) is 0 Å². The number of anilines is 1. The molecule has 1 aromatic heterocycles. The Bertz CT molecular complexity index is 783. The number of nitrogens with zero attached hydrogens (tertiary/aromatic N) is 2. The van der Waals surface area contributed by atoms with Gasteiger partial charge in [0.2, 0.25) is 0 Å². The van der Waals surface area contributed by atoms with Gasteiger partial charge >= 0.3 is 6.18 Å². The van der Waals surface area contributed by atoms with Crippen LogP contribution in [0.3, 0.4) is 0 Å². The molecular weight excluding hydrogens is 328 g/mol. The van der Waals surface area contributed by atoms with E-state index in [0.29, 0.717) is 18.2 Å². The van der Waals surface area contributed by atoms with E-state index in [4.69, 9.17) is 11.5 Å². The predicted octanol–water partition coefficient (Wildman–Crippen LogP) is 2.89. The van der Waals surface area contributed by atoms with Gasteiger partial charge in [0, 0.05) is 0 Å². The molecule has 1 atom stereocenters. The quantitative estimate of drug-likeness (QED) is 0.836. The van der Waals surface area contributed by atoms with Gasteiger partial charge in [0.25, 0.3) is 5.91 Å². The highest BCUT2D eigenvalue weighted by Crippen LogP contribution is 2.33. The third-order valence-corrected chi connectivity index (χ3v) is 3.75. The van der Waals surface area contributed by atoms with Gasteiger partial charge < -0.3 is 11.5 Å². The van der Waals surface area contributed by atoms with Crippen LogP contribution in [0.5, 0.6) is 0 Å². The number of nitrogen functional groups attached to an aromatic ring is 1. The lowest BCUT2D eigenvalue weighted by Gasteiger charge is -2.16. The monoisotopic (exact) mass is 344 g/mol. The fourth-order valence-corrected chi connectivity index (χ4v) is 2.47. The minimum absolute atomic E-state index is 0.00726.